The summed E-state index contributed by atoms with van der Waals surface area (Å²) in [4.78, 5) is 10.6. The van der Waals surface area contributed by atoms with Crippen molar-refractivity contribution in [3.8, 4) is 45.3 Å². The van der Waals surface area contributed by atoms with E-state index in [1.165, 1.54) is 38.0 Å². The molecule has 4 nitrogen and oxygen atoms in total. The van der Waals surface area contributed by atoms with Gasteiger partial charge in [0.1, 0.15) is 0 Å². The van der Waals surface area contributed by atoms with Crippen LogP contribution in [0.3, 0.4) is 0 Å². The second-order valence-electron chi connectivity index (χ2n) is 13.8. The summed E-state index contributed by atoms with van der Waals surface area (Å²) in [7, 11) is 0. The van der Waals surface area contributed by atoms with Gasteiger partial charge in [0.05, 0.1) is 33.5 Å². The van der Waals surface area contributed by atoms with Gasteiger partial charge in [-0.2, -0.15) is 0 Å². The number of rotatable bonds is 5. The van der Waals surface area contributed by atoms with Gasteiger partial charge in [0.25, 0.3) is 0 Å². The van der Waals surface area contributed by atoms with Crippen molar-refractivity contribution in [3.63, 3.8) is 0 Å². The van der Waals surface area contributed by atoms with Crippen LogP contribution in [0.2, 0.25) is 0 Å². The van der Waals surface area contributed by atoms with Gasteiger partial charge in [-0.1, -0.05) is 140 Å². The maximum Gasteiger partial charge on any atom is 0.161 e. The van der Waals surface area contributed by atoms with Crippen LogP contribution >= 0.6 is 0 Å². The Morgan fingerprint density at radius 2 is 0.796 bits per heavy atom. The van der Waals surface area contributed by atoms with E-state index in [4.69, 9.17) is 9.97 Å². The van der Waals surface area contributed by atoms with Gasteiger partial charge >= 0.3 is 0 Å². The zero-order valence-corrected chi connectivity index (χ0v) is 29.3. The van der Waals surface area contributed by atoms with E-state index >= 15 is 0 Å². The Balaban J connectivity index is 1.24. The molecule has 0 atom stereocenters. The Morgan fingerprint density at radius 1 is 0.315 bits per heavy atom. The summed E-state index contributed by atoms with van der Waals surface area (Å²) in [6, 6.07) is 69.0. The molecular weight excluding hydrogens is 657 g/mol. The van der Waals surface area contributed by atoms with E-state index in [9.17, 15) is 0 Å². The number of benzene rings is 8. The molecule has 0 spiro atoms. The molecule has 0 aliphatic carbocycles. The van der Waals surface area contributed by atoms with Gasteiger partial charge in [-0.05, 0) is 65.4 Å². The Morgan fingerprint density at radius 3 is 1.41 bits per heavy atom. The number of hydrogen-bond acceptors (Lipinski definition) is 2. The third kappa shape index (κ3) is 4.70. The largest absolute Gasteiger partial charge is 0.309 e. The third-order valence-corrected chi connectivity index (χ3v) is 10.7. The maximum atomic E-state index is 5.29. The molecule has 0 N–H and O–H groups in total. The van der Waals surface area contributed by atoms with E-state index in [1.807, 2.05) is 12.1 Å². The molecule has 54 heavy (non-hydrogen) atoms. The van der Waals surface area contributed by atoms with E-state index in [2.05, 4.69) is 191 Å². The smallest absolute Gasteiger partial charge is 0.161 e. The highest BCUT2D eigenvalue weighted by atomic mass is 15.0. The van der Waals surface area contributed by atoms with Crippen molar-refractivity contribution in [2.24, 2.45) is 0 Å². The van der Waals surface area contributed by atoms with Crippen molar-refractivity contribution in [1.29, 1.82) is 0 Å². The Kier molecular flexibility index (Phi) is 6.82. The van der Waals surface area contributed by atoms with E-state index in [0.717, 1.165) is 55.9 Å². The molecule has 3 aromatic heterocycles. The van der Waals surface area contributed by atoms with Crippen LogP contribution in [0.4, 0.5) is 0 Å². The van der Waals surface area contributed by atoms with Gasteiger partial charge in [-0.3, -0.25) is 0 Å². The number of para-hydroxylation sites is 3. The summed E-state index contributed by atoms with van der Waals surface area (Å²) in [5, 5.41) is 7.19. The lowest BCUT2D eigenvalue weighted by molar-refractivity contribution is 1.16. The number of hydrogen-bond donors (Lipinski definition) is 0. The Hall–Kier alpha value is -7.30. The lowest BCUT2D eigenvalue weighted by atomic mass is 9.98. The SMILES string of the molecule is c1ccc(-c2cc(-c3ccccc3)nc(-c3cc4c(c5ccccc35)c3cc(-n5c6ccccc6c6ccccc65)ccc3n4-c3ccccc3)n2)cc1. The first-order valence-electron chi connectivity index (χ1n) is 18.3. The van der Waals surface area contributed by atoms with Crippen molar-refractivity contribution < 1.29 is 0 Å². The molecule has 252 valence electrons. The van der Waals surface area contributed by atoms with Gasteiger partial charge < -0.3 is 9.13 Å². The highest BCUT2D eigenvalue weighted by Gasteiger charge is 2.21. The molecule has 4 heteroatoms. The number of aromatic nitrogens is 4. The van der Waals surface area contributed by atoms with Crippen molar-refractivity contribution in [3.05, 3.63) is 194 Å². The lowest BCUT2D eigenvalue weighted by Crippen LogP contribution is -1.98. The van der Waals surface area contributed by atoms with Crippen LogP contribution in [-0.4, -0.2) is 19.1 Å². The first kappa shape index (κ1) is 30.3. The average molecular weight is 689 g/mol. The van der Waals surface area contributed by atoms with Crippen molar-refractivity contribution >= 4 is 54.4 Å². The van der Waals surface area contributed by atoms with Crippen molar-refractivity contribution in [2.75, 3.05) is 0 Å². The predicted molar refractivity (Wildman–Crippen MR) is 225 cm³/mol. The van der Waals surface area contributed by atoms with Crippen LogP contribution in [0, 0.1) is 0 Å². The minimum atomic E-state index is 0.698. The van der Waals surface area contributed by atoms with Gasteiger partial charge in [0.15, 0.2) is 5.82 Å². The average Bonchev–Trinajstić information content (AvgIpc) is 3.77. The molecule has 0 aliphatic rings. The van der Waals surface area contributed by atoms with Crippen LogP contribution in [0.5, 0.6) is 0 Å². The summed E-state index contributed by atoms with van der Waals surface area (Å²) < 4.78 is 4.80. The first-order valence-corrected chi connectivity index (χ1v) is 18.3. The normalized spacial score (nSPS) is 11.7. The molecule has 0 saturated heterocycles. The van der Waals surface area contributed by atoms with Crippen molar-refractivity contribution in [2.45, 2.75) is 0 Å². The van der Waals surface area contributed by atoms with E-state index in [-0.39, 0.29) is 0 Å². The number of nitrogens with zero attached hydrogens (tertiary/aromatic N) is 4. The van der Waals surface area contributed by atoms with E-state index in [1.54, 1.807) is 0 Å². The highest BCUT2D eigenvalue weighted by Crippen LogP contribution is 2.43. The Labute approximate surface area is 311 Å². The second-order valence-corrected chi connectivity index (χ2v) is 13.8. The first-order chi connectivity index (χ1) is 26.8. The fourth-order valence-corrected chi connectivity index (χ4v) is 8.33. The molecule has 11 rings (SSSR count). The molecule has 0 unspecified atom stereocenters. The summed E-state index contributed by atoms with van der Waals surface area (Å²) in [6.07, 6.45) is 0. The quantitative estimate of drug-likeness (QED) is 0.180. The summed E-state index contributed by atoms with van der Waals surface area (Å²) in [5.41, 5.74) is 11.8. The predicted octanol–water partition coefficient (Wildman–Crippen LogP) is 12.8. The second kappa shape index (κ2) is 12.1. The topological polar surface area (TPSA) is 35.6 Å². The molecule has 0 aliphatic heterocycles. The van der Waals surface area contributed by atoms with E-state index in [0.29, 0.717) is 5.82 Å². The van der Waals surface area contributed by atoms with Crippen LogP contribution < -0.4 is 0 Å². The van der Waals surface area contributed by atoms with Crippen LogP contribution in [0.1, 0.15) is 0 Å². The maximum absolute atomic E-state index is 5.29. The summed E-state index contributed by atoms with van der Waals surface area (Å²) in [5.74, 6) is 0.698. The zero-order chi connectivity index (χ0) is 35.6. The summed E-state index contributed by atoms with van der Waals surface area (Å²) >= 11 is 0. The van der Waals surface area contributed by atoms with Gasteiger partial charge in [-0.25, -0.2) is 9.97 Å². The molecular formula is C50H32N4. The zero-order valence-electron chi connectivity index (χ0n) is 29.3. The standard InChI is InChI=1S/C50H32N4/c1-4-16-33(17-5-1)43-32-44(34-18-6-2-7-19-34)52-50(51-43)41-31-48-49(40-25-11-10-22-37(40)41)42-30-36(28-29-47(42)53(48)35-20-8-3-9-21-35)54-45-26-14-12-23-38(45)39-24-13-15-27-46(39)54/h1-32H. The fourth-order valence-electron chi connectivity index (χ4n) is 8.33. The Bertz CT molecular complexity index is 3080. The molecule has 3 heterocycles. The molecule has 0 amide bonds. The van der Waals surface area contributed by atoms with Crippen LogP contribution in [0.15, 0.2) is 194 Å². The fraction of sp³-hybridized carbons (Fsp3) is 0. The van der Waals surface area contributed by atoms with Gasteiger partial charge in [0, 0.05) is 49.6 Å². The van der Waals surface area contributed by atoms with Crippen LogP contribution in [-0.2, 0) is 0 Å². The summed E-state index contributed by atoms with van der Waals surface area (Å²) in [6.45, 7) is 0. The third-order valence-electron chi connectivity index (χ3n) is 10.7. The monoisotopic (exact) mass is 688 g/mol. The van der Waals surface area contributed by atoms with E-state index < -0.39 is 0 Å². The molecule has 8 aromatic carbocycles. The molecule has 0 saturated carbocycles. The van der Waals surface area contributed by atoms with Gasteiger partial charge in [-0.15, -0.1) is 0 Å². The molecule has 0 fully saturated rings. The van der Waals surface area contributed by atoms with Crippen molar-refractivity contribution in [1.82, 2.24) is 19.1 Å². The molecule has 11 aromatic rings. The van der Waals surface area contributed by atoms with Gasteiger partial charge in [0.2, 0.25) is 0 Å². The lowest BCUT2D eigenvalue weighted by Gasteiger charge is -2.13. The van der Waals surface area contributed by atoms with Crippen LogP contribution in [0.25, 0.3) is 99.7 Å². The molecule has 0 radical (unpaired) electrons. The number of fused-ring (bicyclic) bond motifs is 8. The minimum Gasteiger partial charge on any atom is -0.309 e. The highest BCUT2D eigenvalue weighted by molar-refractivity contribution is 6.24. The minimum absolute atomic E-state index is 0.698. The molecule has 0 bridgehead atoms.